The van der Waals surface area contributed by atoms with E-state index in [0.29, 0.717) is 31.2 Å². The van der Waals surface area contributed by atoms with Gasteiger partial charge in [0.05, 0.1) is 12.6 Å². The van der Waals surface area contributed by atoms with Crippen LogP contribution < -0.4 is 5.32 Å². The maximum Gasteiger partial charge on any atom is 0.236 e. The molecule has 29 heavy (non-hydrogen) atoms. The van der Waals surface area contributed by atoms with Crippen molar-refractivity contribution in [1.82, 2.24) is 15.1 Å². The summed E-state index contributed by atoms with van der Waals surface area (Å²) < 4.78 is 0. The smallest absolute Gasteiger partial charge is 0.236 e. The first-order chi connectivity index (χ1) is 14.1. The van der Waals surface area contributed by atoms with Gasteiger partial charge in [-0.05, 0) is 36.1 Å². The van der Waals surface area contributed by atoms with Gasteiger partial charge in [0, 0.05) is 37.1 Å². The highest BCUT2D eigenvalue weighted by Gasteiger charge is 2.35. The van der Waals surface area contributed by atoms with Crippen molar-refractivity contribution in [3.05, 3.63) is 70.7 Å². The predicted molar refractivity (Wildman–Crippen MR) is 114 cm³/mol. The van der Waals surface area contributed by atoms with Crippen molar-refractivity contribution in [2.24, 2.45) is 5.92 Å². The molecule has 1 saturated heterocycles. The number of benzene rings is 2. The Morgan fingerprint density at radius 1 is 0.931 bits per heavy atom. The highest BCUT2D eigenvalue weighted by atomic mass is 35.5. The number of halogens is 1. The molecule has 2 aromatic carbocycles. The normalized spacial score (nSPS) is 17.8. The Morgan fingerprint density at radius 2 is 1.59 bits per heavy atom. The molecule has 1 aliphatic heterocycles. The molecule has 2 aliphatic rings. The number of hydrogen-bond donors (Lipinski definition) is 1. The van der Waals surface area contributed by atoms with E-state index in [2.05, 4.69) is 5.32 Å². The van der Waals surface area contributed by atoms with Crippen molar-refractivity contribution in [2.45, 2.75) is 18.9 Å². The molecule has 1 heterocycles. The van der Waals surface area contributed by atoms with Crippen LogP contribution in [0.15, 0.2) is 54.6 Å². The van der Waals surface area contributed by atoms with E-state index in [-0.39, 0.29) is 30.3 Å². The fraction of sp³-hybridized carbons (Fsp3) is 0.391. The van der Waals surface area contributed by atoms with Gasteiger partial charge in [0.25, 0.3) is 0 Å². The summed E-state index contributed by atoms with van der Waals surface area (Å²) in [6, 6.07) is 17.7. The Morgan fingerprint density at radius 3 is 2.24 bits per heavy atom. The van der Waals surface area contributed by atoms with E-state index in [0.717, 1.165) is 24.0 Å². The predicted octanol–water partition coefficient (Wildman–Crippen LogP) is 3.10. The van der Waals surface area contributed by atoms with E-state index in [1.54, 1.807) is 0 Å². The van der Waals surface area contributed by atoms with Gasteiger partial charge < -0.3 is 9.80 Å². The summed E-state index contributed by atoms with van der Waals surface area (Å²) in [5.41, 5.74) is 2.11. The van der Waals surface area contributed by atoms with Gasteiger partial charge in [0.15, 0.2) is 0 Å². The minimum Gasteiger partial charge on any atom is -0.339 e. The van der Waals surface area contributed by atoms with Crippen LogP contribution in [0.3, 0.4) is 0 Å². The van der Waals surface area contributed by atoms with Crippen LogP contribution in [0.25, 0.3) is 0 Å². The zero-order chi connectivity index (χ0) is 20.2. The number of piperazine rings is 1. The summed E-state index contributed by atoms with van der Waals surface area (Å²) >= 11 is 6.19. The third kappa shape index (κ3) is 4.98. The van der Waals surface area contributed by atoms with E-state index in [4.69, 9.17) is 11.6 Å². The van der Waals surface area contributed by atoms with Crippen molar-refractivity contribution in [3.63, 3.8) is 0 Å². The van der Waals surface area contributed by atoms with Gasteiger partial charge in [0.2, 0.25) is 11.8 Å². The lowest BCUT2D eigenvalue weighted by Gasteiger charge is -2.35. The fourth-order valence-electron chi connectivity index (χ4n) is 3.83. The Balaban J connectivity index is 1.37. The van der Waals surface area contributed by atoms with Crippen LogP contribution in [0.2, 0.25) is 5.02 Å². The van der Waals surface area contributed by atoms with Crippen LogP contribution in [-0.4, -0.2) is 54.3 Å². The molecule has 2 amide bonds. The van der Waals surface area contributed by atoms with Crippen LogP contribution in [0.4, 0.5) is 0 Å². The molecule has 4 rings (SSSR count). The number of nitrogens with zero attached hydrogens (tertiary/aromatic N) is 2. The van der Waals surface area contributed by atoms with E-state index >= 15 is 0 Å². The molecule has 1 unspecified atom stereocenters. The zero-order valence-electron chi connectivity index (χ0n) is 16.4. The molecule has 0 bridgehead atoms. The van der Waals surface area contributed by atoms with Gasteiger partial charge in [-0.1, -0.05) is 54.1 Å². The van der Waals surface area contributed by atoms with E-state index in [9.17, 15) is 9.59 Å². The molecule has 1 N–H and O–H groups in total. The number of rotatable bonds is 6. The fourth-order valence-corrected chi connectivity index (χ4v) is 4.02. The molecule has 6 heteroatoms. The lowest BCUT2D eigenvalue weighted by molar-refractivity contribution is -0.139. The monoisotopic (exact) mass is 411 g/mol. The number of hydrogen-bond acceptors (Lipinski definition) is 3. The Bertz CT molecular complexity index is 861. The Kier molecular flexibility index (Phi) is 6.16. The van der Waals surface area contributed by atoms with Crippen LogP contribution in [-0.2, 0) is 9.59 Å². The topological polar surface area (TPSA) is 52.7 Å². The first kappa shape index (κ1) is 19.9. The number of nitrogens with one attached hydrogen (secondary N) is 1. The van der Waals surface area contributed by atoms with Gasteiger partial charge in [-0.25, -0.2) is 0 Å². The van der Waals surface area contributed by atoms with E-state index in [1.807, 2.05) is 64.4 Å². The molecule has 2 aromatic rings. The second kappa shape index (κ2) is 8.97. The van der Waals surface area contributed by atoms with Crippen LogP contribution in [0.5, 0.6) is 0 Å². The second-order valence-corrected chi connectivity index (χ2v) is 8.20. The summed E-state index contributed by atoms with van der Waals surface area (Å²) in [4.78, 5) is 28.7. The summed E-state index contributed by atoms with van der Waals surface area (Å²) in [6.07, 6.45) is 2.04. The summed E-state index contributed by atoms with van der Waals surface area (Å²) in [5.74, 6) is 0.565. The second-order valence-electron chi connectivity index (χ2n) is 7.76. The van der Waals surface area contributed by atoms with Gasteiger partial charge in [-0.15, -0.1) is 0 Å². The number of amides is 2. The van der Waals surface area contributed by atoms with Crippen LogP contribution in [0, 0.1) is 5.92 Å². The van der Waals surface area contributed by atoms with Crippen LogP contribution >= 0.6 is 11.6 Å². The Labute approximate surface area is 176 Å². The first-order valence-electron chi connectivity index (χ1n) is 10.2. The molecule has 0 aromatic heterocycles. The zero-order valence-corrected chi connectivity index (χ0v) is 17.1. The SMILES string of the molecule is O=C(CNC(c1ccccc1)c1cccc(Cl)c1)N1CCN(C(=O)C2CC2)CC1. The highest BCUT2D eigenvalue weighted by Crippen LogP contribution is 2.31. The van der Waals surface area contributed by atoms with Gasteiger partial charge in [-0.3, -0.25) is 14.9 Å². The lowest BCUT2D eigenvalue weighted by Crippen LogP contribution is -2.52. The lowest BCUT2D eigenvalue weighted by atomic mass is 9.98. The molecule has 2 fully saturated rings. The molecule has 1 saturated carbocycles. The number of carbonyl (C=O) groups excluding carboxylic acids is 2. The largest absolute Gasteiger partial charge is 0.339 e. The van der Waals surface area contributed by atoms with Gasteiger partial charge in [-0.2, -0.15) is 0 Å². The molecule has 1 atom stereocenters. The van der Waals surface area contributed by atoms with Crippen molar-refractivity contribution in [1.29, 1.82) is 0 Å². The molecule has 1 aliphatic carbocycles. The highest BCUT2D eigenvalue weighted by molar-refractivity contribution is 6.30. The van der Waals surface area contributed by atoms with E-state index < -0.39 is 0 Å². The minimum atomic E-state index is -0.114. The molecule has 152 valence electrons. The summed E-state index contributed by atoms with van der Waals surface area (Å²) in [5, 5.41) is 4.08. The molecule has 0 radical (unpaired) electrons. The molecular formula is C23H26ClN3O2. The summed E-state index contributed by atoms with van der Waals surface area (Å²) in [6.45, 7) is 2.72. The maximum absolute atomic E-state index is 12.8. The number of carbonyl (C=O) groups is 2. The first-order valence-corrected chi connectivity index (χ1v) is 10.6. The standard InChI is InChI=1S/C23H26ClN3O2/c24-20-8-4-7-19(15-20)22(17-5-2-1-3-6-17)25-16-21(28)26-11-13-27(14-12-26)23(29)18-9-10-18/h1-8,15,18,22,25H,9-14,16H2. The van der Waals surface area contributed by atoms with Crippen molar-refractivity contribution < 1.29 is 9.59 Å². The van der Waals surface area contributed by atoms with Crippen molar-refractivity contribution >= 4 is 23.4 Å². The van der Waals surface area contributed by atoms with Gasteiger partial charge in [0.1, 0.15) is 0 Å². The molecule has 5 nitrogen and oxygen atoms in total. The average molecular weight is 412 g/mol. The quantitative estimate of drug-likeness (QED) is 0.794. The maximum atomic E-state index is 12.8. The molecule has 0 spiro atoms. The molecular weight excluding hydrogens is 386 g/mol. The Hall–Kier alpha value is -2.37. The van der Waals surface area contributed by atoms with Crippen molar-refractivity contribution in [2.75, 3.05) is 32.7 Å². The van der Waals surface area contributed by atoms with Gasteiger partial charge >= 0.3 is 0 Å². The third-order valence-electron chi connectivity index (χ3n) is 5.64. The summed E-state index contributed by atoms with van der Waals surface area (Å²) in [7, 11) is 0. The van der Waals surface area contributed by atoms with Crippen molar-refractivity contribution in [3.8, 4) is 0 Å². The van der Waals surface area contributed by atoms with Crippen LogP contribution in [0.1, 0.15) is 30.0 Å². The average Bonchev–Trinajstić information content (AvgIpc) is 3.60. The van der Waals surface area contributed by atoms with E-state index in [1.165, 1.54) is 0 Å². The third-order valence-corrected chi connectivity index (χ3v) is 5.88. The minimum absolute atomic E-state index is 0.0616.